The predicted octanol–water partition coefficient (Wildman–Crippen LogP) is 3.30. The van der Waals surface area contributed by atoms with E-state index in [9.17, 15) is 0 Å². The van der Waals surface area contributed by atoms with E-state index in [0.717, 1.165) is 0 Å². The lowest BCUT2D eigenvalue weighted by Gasteiger charge is -2.41. The molecule has 1 heteroatoms. The normalized spacial score (nSPS) is 15.2. The molecule has 0 aromatic heterocycles. The monoisotopic (exact) mass is 171 g/mol. The van der Waals surface area contributed by atoms with E-state index in [2.05, 4.69) is 46.6 Å². The molecular formula is C11H25N. The third-order valence-corrected chi connectivity index (χ3v) is 3.63. The van der Waals surface area contributed by atoms with Gasteiger partial charge in [-0.3, -0.25) is 4.90 Å². The quantitative estimate of drug-likeness (QED) is 0.613. The van der Waals surface area contributed by atoms with Crippen LogP contribution in [0.25, 0.3) is 0 Å². The van der Waals surface area contributed by atoms with Gasteiger partial charge in [-0.2, -0.15) is 0 Å². The first-order valence-electron chi connectivity index (χ1n) is 5.24. The van der Waals surface area contributed by atoms with Crippen LogP contribution in [0.2, 0.25) is 0 Å². The van der Waals surface area contributed by atoms with Crippen LogP contribution in [0.3, 0.4) is 0 Å². The lowest BCUT2D eigenvalue weighted by atomic mass is 9.92. The average Bonchev–Trinajstić information content (AvgIpc) is 2.14. The highest BCUT2D eigenvalue weighted by Gasteiger charge is 2.27. The van der Waals surface area contributed by atoms with Gasteiger partial charge >= 0.3 is 0 Å². The fourth-order valence-electron chi connectivity index (χ4n) is 1.55. The smallest absolute Gasteiger partial charge is 0.0175 e. The van der Waals surface area contributed by atoms with Gasteiger partial charge in [-0.05, 0) is 40.2 Å². The Morgan fingerprint density at radius 2 is 1.58 bits per heavy atom. The van der Waals surface area contributed by atoms with Crippen molar-refractivity contribution in [3.8, 4) is 0 Å². The maximum Gasteiger partial charge on any atom is 0.0175 e. The first kappa shape index (κ1) is 12.0. The van der Waals surface area contributed by atoms with Crippen molar-refractivity contribution < 1.29 is 0 Å². The summed E-state index contributed by atoms with van der Waals surface area (Å²) in [6.45, 7) is 11.5. The summed E-state index contributed by atoms with van der Waals surface area (Å²) < 4.78 is 0. The van der Waals surface area contributed by atoms with Crippen LogP contribution < -0.4 is 0 Å². The number of hydrogen-bond donors (Lipinski definition) is 0. The molecule has 12 heavy (non-hydrogen) atoms. The Morgan fingerprint density at radius 1 is 1.17 bits per heavy atom. The van der Waals surface area contributed by atoms with Crippen molar-refractivity contribution in [2.75, 3.05) is 7.05 Å². The molecule has 0 aliphatic carbocycles. The van der Waals surface area contributed by atoms with Crippen molar-refractivity contribution in [2.24, 2.45) is 0 Å². The minimum atomic E-state index is 0.398. The number of hydrogen-bond acceptors (Lipinski definition) is 1. The summed E-state index contributed by atoms with van der Waals surface area (Å²) in [4.78, 5) is 2.52. The summed E-state index contributed by atoms with van der Waals surface area (Å²) in [7, 11) is 2.25. The second kappa shape index (κ2) is 4.86. The summed E-state index contributed by atoms with van der Waals surface area (Å²) in [5.41, 5.74) is 0.398. The zero-order valence-electron chi connectivity index (χ0n) is 9.65. The van der Waals surface area contributed by atoms with Gasteiger partial charge in [-0.25, -0.2) is 0 Å². The molecule has 0 aliphatic rings. The van der Waals surface area contributed by atoms with Crippen molar-refractivity contribution in [3.05, 3.63) is 0 Å². The Morgan fingerprint density at radius 3 is 1.83 bits per heavy atom. The zero-order chi connectivity index (χ0) is 9.78. The van der Waals surface area contributed by atoms with Crippen molar-refractivity contribution in [1.82, 2.24) is 4.90 Å². The summed E-state index contributed by atoms with van der Waals surface area (Å²) in [6.07, 6.45) is 3.72. The molecule has 0 rings (SSSR count). The average molecular weight is 171 g/mol. The number of rotatable bonds is 5. The van der Waals surface area contributed by atoms with Gasteiger partial charge in [0.15, 0.2) is 0 Å². The van der Waals surface area contributed by atoms with Gasteiger partial charge in [0.25, 0.3) is 0 Å². The molecule has 0 aliphatic heterocycles. The van der Waals surface area contributed by atoms with Gasteiger partial charge in [0.2, 0.25) is 0 Å². The number of nitrogens with zero attached hydrogens (tertiary/aromatic N) is 1. The van der Waals surface area contributed by atoms with Crippen LogP contribution in [0.15, 0.2) is 0 Å². The van der Waals surface area contributed by atoms with Crippen LogP contribution in [0.1, 0.15) is 53.9 Å². The first-order chi connectivity index (χ1) is 5.51. The van der Waals surface area contributed by atoms with Gasteiger partial charge in [-0.15, -0.1) is 0 Å². The Bertz CT molecular complexity index is 116. The van der Waals surface area contributed by atoms with Crippen LogP contribution >= 0.6 is 0 Å². The molecule has 0 N–H and O–H groups in total. The van der Waals surface area contributed by atoms with Crippen molar-refractivity contribution in [3.63, 3.8) is 0 Å². The molecule has 0 aromatic rings. The fraction of sp³-hybridized carbons (Fsp3) is 1.00. The van der Waals surface area contributed by atoms with E-state index in [4.69, 9.17) is 0 Å². The maximum absolute atomic E-state index is 2.52. The molecule has 0 radical (unpaired) electrons. The third kappa shape index (κ3) is 2.48. The second-order valence-electron chi connectivity index (χ2n) is 4.07. The molecular weight excluding hydrogens is 146 g/mol. The van der Waals surface area contributed by atoms with Gasteiger partial charge in [0.05, 0.1) is 0 Å². The molecule has 1 nitrogen and oxygen atoms in total. The minimum Gasteiger partial charge on any atom is -0.298 e. The van der Waals surface area contributed by atoms with Gasteiger partial charge in [0, 0.05) is 11.6 Å². The van der Waals surface area contributed by atoms with Crippen LogP contribution in [0.5, 0.6) is 0 Å². The highest BCUT2D eigenvalue weighted by molar-refractivity contribution is 4.83. The molecule has 0 aromatic carbocycles. The Balaban J connectivity index is 4.29. The molecule has 0 saturated heterocycles. The third-order valence-electron chi connectivity index (χ3n) is 3.63. The highest BCUT2D eigenvalue weighted by atomic mass is 15.2. The largest absolute Gasteiger partial charge is 0.298 e. The molecule has 0 amide bonds. The Kier molecular flexibility index (Phi) is 4.84. The fourth-order valence-corrected chi connectivity index (χ4v) is 1.55. The van der Waals surface area contributed by atoms with E-state index in [-0.39, 0.29) is 0 Å². The zero-order valence-corrected chi connectivity index (χ0v) is 9.65. The van der Waals surface area contributed by atoms with Crippen LogP contribution in [0.4, 0.5) is 0 Å². The van der Waals surface area contributed by atoms with E-state index < -0.39 is 0 Å². The standard InChI is InChI=1S/C11H25N/c1-7-10(4)12(6)11(5,8-2)9-3/h10H,7-9H2,1-6H3. The summed E-state index contributed by atoms with van der Waals surface area (Å²) in [5.74, 6) is 0. The second-order valence-corrected chi connectivity index (χ2v) is 4.07. The topological polar surface area (TPSA) is 3.24 Å². The van der Waals surface area contributed by atoms with Crippen LogP contribution in [-0.4, -0.2) is 23.5 Å². The molecule has 1 atom stereocenters. The van der Waals surface area contributed by atoms with Gasteiger partial charge in [0.1, 0.15) is 0 Å². The molecule has 74 valence electrons. The van der Waals surface area contributed by atoms with Crippen LogP contribution in [0, 0.1) is 0 Å². The first-order valence-corrected chi connectivity index (χ1v) is 5.24. The molecule has 0 saturated carbocycles. The Labute approximate surface area is 78.1 Å². The molecule has 0 heterocycles. The minimum absolute atomic E-state index is 0.398. The lowest BCUT2D eigenvalue weighted by molar-refractivity contribution is 0.0836. The van der Waals surface area contributed by atoms with Gasteiger partial charge < -0.3 is 0 Å². The van der Waals surface area contributed by atoms with E-state index >= 15 is 0 Å². The molecule has 0 bridgehead atoms. The predicted molar refractivity (Wildman–Crippen MR) is 56.5 cm³/mol. The molecule has 0 spiro atoms. The van der Waals surface area contributed by atoms with E-state index in [1.807, 2.05) is 0 Å². The SMILES string of the molecule is CCC(C)N(C)C(C)(CC)CC. The Hall–Kier alpha value is -0.0400. The highest BCUT2D eigenvalue weighted by Crippen LogP contribution is 2.24. The summed E-state index contributed by atoms with van der Waals surface area (Å²) >= 11 is 0. The molecule has 0 fully saturated rings. The molecule has 1 unspecified atom stereocenters. The lowest BCUT2D eigenvalue weighted by Crippen LogP contribution is -2.47. The van der Waals surface area contributed by atoms with E-state index in [1.54, 1.807) is 0 Å². The van der Waals surface area contributed by atoms with Gasteiger partial charge in [-0.1, -0.05) is 20.8 Å². The van der Waals surface area contributed by atoms with Crippen molar-refractivity contribution in [1.29, 1.82) is 0 Å². The van der Waals surface area contributed by atoms with E-state index in [1.165, 1.54) is 19.3 Å². The van der Waals surface area contributed by atoms with Crippen molar-refractivity contribution in [2.45, 2.75) is 65.5 Å². The van der Waals surface area contributed by atoms with E-state index in [0.29, 0.717) is 11.6 Å². The maximum atomic E-state index is 2.52. The summed E-state index contributed by atoms with van der Waals surface area (Å²) in [5, 5.41) is 0. The van der Waals surface area contributed by atoms with Crippen molar-refractivity contribution >= 4 is 0 Å². The summed E-state index contributed by atoms with van der Waals surface area (Å²) in [6, 6.07) is 0.704. The van der Waals surface area contributed by atoms with Crippen LogP contribution in [-0.2, 0) is 0 Å².